The van der Waals surface area contributed by atoms with Crippen molar-refractivity contribution in [3.63, 3.8) is 0 Å². The third kappa shape index (κ3) is 4.67. The van der Waals surface area contributed by atoms with Crippen LogP contribution in [-0.2, 0) is 32.6 Å². The van der Waals surface area contributed by atoms with E-state index in [1.165, 1.54) is 33.1 Å². The zero-order valence-corrected chi connectivity index (χ0v) is 30.7. The van der Waals surface area contributed by atoms with Gasteiger partial charge >= 0.3 is 11.9 Å². The Kier molecular flexibility index (Phi) is 7.98. The van der Waals surface area contributed by atoms with Crippen molar-refractivity contribution in [1.82, 2.24) is 15.5 Å². The molecule has 7 aliphatic rings. The predicted octanol–water partition coefficient (Wildman–Crippen LogP) is 2.93. The van der Waals surface area contributed by atoms with Crippen molar-refractivity contribution in [2.45, 2.75) is 67.9 Å². The van der Waals surface area contributed by atoms with Crippen LogP contribution in [0.15, 0.2) is 18.2 Å². The van der Waals surface area contributed by atoms with Crippen molar-refractivity contribution < 1.29 is 53.3 Å². The summed E-state index contributed by atoms with van der Waals surface area (Å²) in [6.45, 7) is 3.83. The van der Waals surface area contributed by atoms with E-state index in [4.69, 9.17) is 28.4 Å². The van der Waals surface area contributed by atoms with Crippen molar-refractivity contribution in [2.75, 3.05) is 47.0 Å². The Morgan fingerprint density at radius 2 is 1.81 bits per heavy atom. The average Bonchev–Trinajstić information content (AvgIpc) is 3.65. The molecule has 4 bridgehead atoms. The first-order valence-electron chi connectivity index (χ1n) is 17.6. The second-order valence-electron chi connectivity index (χ2n) is 14.4. The van der Waals surface area contributed by atoms with Crippen molar-refractivity contribution in [1.29, 1.82) is 0 Å². The second kappa shape index (κ2) is 12.3. The number of benzene rings is 3. The molecule has 15 heteroatoms. The van der Waals surface area contributed by atoms with E-state index in [1.807, 2.05) is 17.9 Å². The van der Waals surface area contributed by atoms with Gasteiger partial charge < -0.3 is 49.1 Å². The number of nitrogens with one attached hydrogen (secondary N) is 2. The first-order valence-corrected chi connectivity index (χ1v) is 18.7. The number of esters is 2. The molecule has 7 atom stereocenters. The maximum atomic E-state index is 14.6. The summed E-state index contributed by atoms with van der Waals surface area (Å²) in [5, 5.41) is 41.5. The van der Waals surface area contributed by atoms with Gasteiger partial charge in [0.1, 0.15) is 12.8 Å². The summed E-state index contributed by atoms with van der Waals surface area (Å²) in [6.07, 6.45) is -0.0864. The Morgan fingerprint density at radius 3 is 2.57 bits per heavy atom. The van der Waals surface area contributed by atoms with Gasteiger partial charge in [-0.1, -0.05) is 6.07 Å². The van der Waals surface area contributed by atoms with E-state index in [9.17, 15) is 24.9 Å². The summed E-state index contributed by atoms with van der Waals surface area (Å²) in [5.74, 6) is 0.450. The second-order valence-corrected chi connectivity index (χ2v) is 15.6. The third-order valence-electron chi connectivity index (χ3n) is 12.0. The van der Waals surface area contributed by atoms with Gasteiger partial charge in [0.2, 0.25) is 6.79 Å². The molecule has 7 heterocycles. The van der Waals surface area contributed by atoms with Gasteiger partial charge in [-0.25, -0.2) is 9.59 Å². The topological polar surface area (TPSA) is 178 Å². The van der Waals surface area contributed by atoms with Gasteiger partial charge in [0, 0.05) is 40.3 Å². The fraction of sp³-hybridized carbons (Fsp3) is 0.474. The summed E-state index contributed by atoms with van der Waals surface area (Å²) in [4.78, 5) is 30.6. The van der Waals surface area contributed by atoms with Crippen LogP contribution in [0.25, 0.3) is 0 Å². The van der Waals surface area contributed by atoms with Gasteiger partial charge in [0.05, 0.1) is 45.0 Å². The lowest BCUT2D eigenvalue weighted by Gasteiger charge is -2.59. The molecule has 0 radical (unpaired) electrons. The van der Waals surface area contributed by atoms with Crippen LogP contribution >= 0.6 is 11.8 Å². The minimum absolute atomic E-state index is 0.0146. The van der Waals surface area contributed by atoms with Crippen LogP contribution in [0, 0.1) is 13.8 Å². The molecule has 7 aliphatic heterocycles. The number of phenolic OH excluding ortho intramolecular Hbond substituents is 2. The van der Waals surface area contributed by atoms with Crippen molar-refractivity contribution >= 4 is 23.7 Å². The van der Waals surface area contributed by atoms with Crippen LogP contribution in [0.3, 0.4) is 0 Å². The lowest BCUT2D eigenvalue weighted by atomic mass is 9.73. The number of piperazine rings is 1. The number of aliphatic hydroxyl groups excluding tert-OH is 1. The Morgan fingerprint density at radius 1 is 1.02 bits per heavy atom. The Hall–Kier alpha value is -4.41. The van der Waals surface area contributed by atoms with Crippen LogP contribution in [0.1, 0.15) is 72.2 Å². The number of hydrogen-bond donors (Lipinski definition) is 5. The quantitative estimate of drug-likeness (QED) is 0.247. The van der Waals surface area contributed by atoms with Crippen LogP contribution in [0.4, 0.5) is 0 Å². The monoisotopic (exact) mass is 747 g/mol. The molecular formula is C38H41N3O11S. The van der Waals surface area contributed by atoms with E-state index in [0.717, 1.165) is 16.7 Å². The first kappa shape index (κ1) is 34.4. The van der Waals surface area contributed by atoms with Gasteiger partial charge in [0.25, 0.3) is 0 Å². The van der Waals surface area contributed by atoms with Crippen LogP contribution in [0.2, 0.25) is 0 Å². The molecule has 0 saturated carbocycles. The van der Waals surface area contributed by atoms with Gasteiger partial charge in [-0.15, -0.1) is 11.8 Å². The van der Waals surface area contributed by atoms with Gasteiger partial charge in [0.15, 0.2) is 40.0 Å². The predicted molar refractivity (Wildman–Crippen MR) is 190 cm³/mol. The molecule has 3 aromatic rings. The number of aromatic hydroxyl groups is 2. The summed E-state index contributed by atoms with van der Waals surface area (Å²) < 4.78 is 35.1. The summed E-state index contributed by atoms with van der Waals surface area (Å²) in [7, 11) is 4.31. The molecule has 1 spiro atoms. The summed E-state index contributed by atoms with van der Waals surface area (Å²) in [5.41, 5.74) is 4.46. The zero-order chi connectivity index (χ0) is 37.1. The highest BCUT2D eigenvalue weighted by atomic mass is 32.2. The number of methoxy groups -OCH3 is 3. The smallest absolute Gasteiger partial charge is 0.338 e. The molecule has 1 unspecified atom stereocenters. The number of rotatable bonds is 3. The number of carbonyl (C=O) groups is 2. The van der Waals surface area contributed by atoms with E-state index in [1.54, 1.807) is 19.1 Å². The minimum atomic E-state index is -1.37. The normalized spacial score (nSPS) is 29.4. The minimum Gasteiger partial charge on any atom is -0.504 e. The van der Waals surface area contributed by atoms with Crippen LogP contribution in [-0.4, -0.2) is 97.5 Å². The molecule has 0 aromatic heterocycles. The number of hydrogen-bond acceptors (Lipinski definition) is 15. The highest BCUT2D eigenvalue weighted by molar-refractivity contribution is 7.99. The number of aliphatic hydroxyl groups is 1. The number of carbonyl (C=O) groups excluding carboxylic acids is 2. The van der Waals surface area contributed by atoms with E-state index < -0.39 is 53.1 Å². The number of ether oxygens (including phenoxy) is 6. The number of fused-ring (bicyclic) bond motifs is 9. The number of phenols is 2. The van der Waals surface area contributed by atoms with Crippen LogP contribution in [0.5, 0.6) is 34.5 Å². The molecule has 0 aliphatic carbocycles. The zero-order valence-electron chi connectivity index (χ0n) is 29.9. The van der Waals surface area contributed by atoms with E-state index in [-0.39, 0.29) is 36.4 Å². The Labute approximate surface area is 309 Å². The van der Waals surface area contributed by atoms with Crippen molar-refractivity contribution in [3.05, 3.63) is 68.3 Å². The van der Waals surface area contributed by atoms with Gasteiger partial charge in [-0.3, -0.25) is 10.2 Å². The molecule has 0 amide bonds. The lowest BCUT2D eigenvalue weighted by Crippen LogP contribution is -2.70. The highest BCUT2D eigenvalue weighted by Gasteiger charge is 2.60. The Balaban J connectivity index is 1.31. The molecule has 2 fully saturated rings. The summed E-state index contributed by atoms with van der Waals surface area (Å²) >= 11 is 1.44. The lowest BCUT2D eigenvalue weighted by molar-refractivity contribution is -0.164. The molecule has 10 rings (SSSR count). The SMILES string of the molecule is COC(=O)c1c(C)c2c(c3c1C1SC[C@@]4(NCCc5cc(O)c(OC)cc54)C(=O)OC[C@@H]3N3[C@@H](O)[C@@H]4Cc5cc(C)c(OC)c(O)c5[C@@H](N4)[C@H]13)OCO2. The standard InChI is InChI=1S/C38H41N3O11S/c1-15-8-18-9-20-35(44)41-21-12-50-37(46)38(19-11-23(47-3)22(42)10-17(19)6-7-39-38)13-53-34(29(41)28(40-20)25(18)30(43)31(15)48-4)27-24(36(45)49-5)16(2)32-33(26(21)27)52-14-51-32/h8,10-11,20-21,28-29,34-35,39-40,42-44H,6-7,9,12-14H2,1-5H3/t20-,21-,28+,29+,34?,35-,38-/m0/s1. The van der Waals surface area contributed by atoms with E-state index >= 15 is 0 Å². The Bertz CT molecular complexity index is 2090. The number of thioether (sulfide) groups is 1. The maximum Gasteiger partial charge on any atom is 0.338 e. The molecule has 3 aromatic carbocycles. The molecule has 53 heavy (non-hydrogen) atoms. The molecule has 2 saturated heterocycles. The molecular weight excluding hydrogens is 706 g/mol. The van der Waals surface area contributed by atoms with E-state index in [2.05, 4.69) is 10.6 Å². The number of aryl methyl sites for hydroxylation is 1. The van der Waals surface area contributed by atoms with Gasteiger partial charge in [-0.2, -0.15) is 0 Å². The van der Waals surface area contributed by atoms with Crippen molar-refractivity contribution in [2.24, 2.45) is 0 Å². The first-order chi connectivity index (χ1) is 25.5. The molecule has 280 valence electrons. The highest BCUT2D eigenvalue weighted by Crippen LogP contribution is 2.62. The van der Waals surface area contributed by atoms with Crippen molar-refractivity contribution in [3.8, 4) is 34.5 Å². The van der Waals surface area contributed by atoms with Crippen LogP contribution < -0.4 is 29.6 Å². The fourth-order valence-electron chi connectivity index (χ4n) is 9.73. The number of nitrogens with zero attached hydrogens (tertiary/aromatic N) is 1. The van der Waals surface area contributed by atoms with E-state index in [0.29, 0.717) is 70.0 Å². The third-order valence-corrected chi connectivity index (χ3v) is 13.4. The molecule has 14 nitrogen and oxygen atoms in total. The molecule has 5 N–H and O–H groups in total. The largest absolute Gasteiger partial charge is 0.504 e. The summed E-state index contributed by atoms with van der Waals surface area (Å²) in [6, 6.07) is 2.91. The fourth-order valence-corrected chi connectivity index (χ4v) is 11.4. The average molecular weight is 748 g/mol. The maximum absolute atomic E-state index is 14.6. The van der Waals surface area contributed by atoms with Gasteiger partial charge in [-0.05, 0) is 66.6 Å².